The zero-order valence-electron chi connectivity index (χ0n) is 17.0. The van der Waals surface area contributed by atoms with E-state index in [4.69, 9.17) is 4.74 Å². The number of pyridine rings is 1. The van der Waals surface area contributed by atoms with Crippen LogP contribution in [0, 0.1) is 0 Å². The lowest BCUT2D eigenvalue weighted by Gasteiger charge is -2.12. The van der Waals surface area contributed by atoms with E-state index in [-0.39, 0.29) is 17.8 Å². The minimum atomic E-state index is -0.0307. The molecule has 0 spiro atoms. The fraction of sp³-hybridized carbons (Fsp3) is 0.364. The number of nitrogens with one attached hydrogen (secondary N) is 1. The predicted octanol–water partition coefficient (Wildman–Crippen LogP) is 3.28. The summed E-state index contributed by atoms with van der Waals surface area (Å²) >= 11 is 1.38. The molecule has 0 radical (unpaired) electrons. The van der Waals surface area contributed by atoms with Crippen molar-refractivity contribution in [1.29, 1.82) is 0 Å². The first-order valence-electron chi connectivity index (χ1n) is 10.2. The summed E-state index contributed by atoms with van der Waals surface area (Å²) in [5, 5.41) is 12.4. The van der Waals surface area contributed by atoms with Crippen molar-refractivity contribution in [3.8, 4) is 17.1 Å². The van der Waals surface area contributed by atoms with Gasteiger partial charge in [-0.1, -0.05) is 30.8 Å². The number of hydrogen-bond donors (Lipinski definition) is 1. The third-order valence-corrected chi connectivity index (χ3v) is 5.99. The minimum absolute atomic E-state index is 0.0307. The lowest BCUT2D eigenvalue weighted by atomic mass is 10.1. The van der Waals surface area contributed by atoms with Gasteiger partial charge in [-0.2, -0.15) is 0 Å². The average molecular weight is 424 g/mol. The van der Waals surface area contributed by atoms with E-state index in [9.17, 15) is 4.79 Å². The van der Waals surface area contributed by atoms with E-state index in [2.05, 4.69) is 51.7 Å². The van der Waals surface area contributed by atoms with Crippen LogP contribution in [0.3, 0.4) is 0 Å². The van der Waals surface area contributed by atoms with Crippen molar-refractivity contribution < 1.29 is 9.53 Å². The number of aryl methyl sites for hydroxylation is 1. The molecule has 0 aliphatic carbocycles. The summed E-state index contributed by atoms with van der Waals surface area (Å²) in [5.74, 6) is 0.967. The van der Waals surface area contributed by atoms with Gasteiger partial charge in [-0.05, 0) is 49.1 Å². The Kier molecular flexibility index (Phi) is 6.76. The van der Waals surface area contributed by atoms with Crippen LogP contribution in [-0.2, 0) is 16.0 Å². The van der Waals surface area contributed by atoms with E-state index in [1.54, 1.807) is 12.4 Å². The smallest absolute Gasteiger partial charge is 0.230 e. The minimum Gasteiger partial charge on any atom is -0.376 e. The van der Waals surface area contributed by atoms with Gasteiger partial charge in [-0.25, -0.2) is 0 Å². The summed E-state index contributed by atoms with van der Waals surface area (Å²) < 4.78 is 7.55. The first-order valence-corrected chi connectivity index (χ1v) is 11.2. The second-order valence-corrected chi connectivity index (χ2v) is 8.07. The molecular formula is C22H25N5O2S. The highest BCUT2D eigenvalue weighted by Gasteiger charge is 2.19. The predicted molar refractivity (Wildman–Crippen MR) is 117 cm³/mol. The molecule has 1 fully saturated rings. The highest BCUT2D eigenvalue weighted by Crippen LogP contribution is 2.28. The highest BCUT2D eigenvalue weighted by molar-refractivity contribution is 7.99. The standard InChI is InChI=1S/C22H25N5O2S/c1-2-16-5-7-18(8-6-16)27-21(17-9-11-23-12-10-17)25-26-22(27)30-15-20(28)24-14-19-4-3-13-29-19/h5-12,19H,2-4,13-15H2,1H3,(H,24,28)/t19-/m1/s1. The van der Waals surface area contributed by atoms with Crippen LogP contribution in [0.4, 0.5) is 0 Å². The average Bonchev–Trinajstić information content (AvgIpc) is 3.47. The quantitative estimate of drug-likeness (QED) is 0.560. The first kappa shape index (κ1) is 20.6. The van der Waals surface area contributed by atoms with Gasteiger partial charge in [0.25, 0.3) is 0 Å². The lowest BCUT2D eigenvalue weighted by molar-refractivity contribution is -0.119. The normalized spacial score (nSPS) is 16.0. The van der Waals surface area contributed by atoms with Crippen molar-refractivity contribution in [2.45, 2.75) is 37.4 Å². The molecule has 3 aromatic rings. The van der Waals surface area contributed by atoms with Crippen LogP contribution < -0.4 is 5.32 Å². The zero-order chi connectivity index (χ0) is 20.8. The summed E-state index contributed by atoms with van der Waals surface area (Å²) in [7, 11) is 0. The number of benzene rings is 1. The number of carbonyl (C=O) groups excluding carboxylic acids is 1. The number of thioether (sulfide) groups is 1. The number of amides is 1. The van der Waals surface area contributed by atoms with Gasteiger partial charge in [0.2, 0.25) is 5.91 Å². The third-order valence-electron chi connectivity index (χ3n) is 5.06. The molecule has 0 saturated carbocycles. The van der Waals surface area contributed by atoms with Gasteiger partial charge in [-0.15, -0.1) is 10.2 Å². The van der Waals surface area contributed by atoms with Gasteiger partial charge in [0.1, 0.15) is 0 Å². The van der Waals surface area contributed by atoms with Crippen LogP contribution in [0.15, 0.2) is 53.9 Å². The summed E-state index contributed by atoms with van der Waals surface area (Å²) in [6, 6.07) is 12.2. The lowest BCUT2D eigenvalue weighted by Crippen LogP contribution is -2.32. The molecule has 7 nitrogen and oxygen atoms in total. The molecule has 156 valence electrons. The summed E-state index contributed by atoms with van der Waals surface area (Å²) in [6.07, 6.45) is 6.65. The van der Waals surface area contributed by atoms with Crippen molar-refractivity contribution in [1.82, 2.24) is 25.1 Å². The second kappa shape index (κ2) is 9.86. The molecule has 1 amide bonds. The molecular weight excluding hydrogens is 398 g/mol. The van der Waals surface area contributed by atoms with Crippen molar-refractivity contribution in [2.75, 3.05) is 18.9 Å². The van der Waals surface area contributed by atoms with Crippen LogP contribution >= 0.6 is 11.8 Å². The molecule has 1 aliphatic heterocycles. The molecule has 2 aromatic heterocycles. The monoisotopic (exact) mass is 423 g/mol. The maximum absolute atomic E-state index is 12.3. The van der Waals surface area contributed by atoms with Crippen LogP contribution in [0.2, 0.25) is 0 Å². The van der Waals surface area contributed by atoms with Crippen molar-refractivity contribution in [3.63, 3.8) is 0 Å². The van der Waals surface area contributed by atoms with Gasteiger partial charge in [0, 0.05) is 36.8 Å². The first-order chi connectivity index (χ1) is 14.7. The van der Waals surface area contributed by atoms with Crippen LogP contribution in [0.1, 0.15) is 25.3 Å². The van der Waals surface area contributed by atoms with E-state index in [0.717, 1.165) is 42.9 Å². The van der Waals surface area contributed by atoms with E-state index >= 15 is 0 Å². The number of hydrogen-bond acceptors (Lipinski definition) is 6. The Morgan fingerprint density at radius 2 is 2.00 bits per heavy atom. The molecule has 1 aliphatic rings. The molecule has 1 saturated heterocycles. The summed E-state index contributed by atoms with van der Waals surface area (Å²) in [5.41, 5.74) is 3.15. The van der Waals surface area contributed by atoms with Gasteiger partial charge < -0.3 is 10.1 Å². The van der Waals surface area contributed by atoms with E-state index in [0.29, 0.717) is 11.7 Å². The number of carbonyl (C=O) groups is 1. The molecule has 8 heteroatoms. The molecule has 30 heavy (non-hydrogen) atoms. The number of aromatic nitrogens is 4. The van der Waals surface area contributed by atoms with Crippen molar-refractivity contribution in [3.05, 3.63) is 54.4 Å². The number of rotatable bonds is 8. The highest BCUT2D eigenvalue weighted by atomic mass is 32.2. The van der Waals surface area contributed by atoms with E-state index in [1.165, 1.54) is 17.3 Å². The molecule has 3 heterocycles. The Labute approximate surface area is 180 Å². The SMILES string of the molecule is CCc1ccc(-n2c(SCC(=O)NC[C@H]3CCCO3)nnc2-c2ccncc2)cc1. The Bertz CT molecular complexity index is 969. The van der Waals surface area contributed by atoms with Crippen molar-refractivity contribution >= 4 is 17.7 Å². The van der Waals surface area contributed by atoms with Gasteiger partial charge in [0.05, 0.1) is 11.9 Å². The third kappa shape index (κ3) is 4.88. The van der Waals surface area contributed by atoms with Crippen LogP contribution in [-0.4, -0.2) is 50.7 Å². The Morgan fingerprint density at radius 3 is 2.70 bits per heavy atom. The topological polar surface area (TPSA) is 81.9 Å². The van der Waals surface area contributed by atoms with Gasteiger partial charge >= 0.3 is 0 Å². The molecule has 1 N–H and O–H groups in total. The largest absolute Gasteiger partial charge is 0.376 e. The Hall–Kier alpha value is -2.71. The van der Waals surface area contributed by atoms with Gasteiger partial charge in [0.15, 0.2) is 11.0 Å². The maximum atomic E-state index is 12.3. The summed E-state index contributed by atoms with van der Waals surface area (Å²) in [6.45, 7) is 3.48. The molecule has 0 unspecified atom stereocenters. The zero-order valence-corrected chi connectivity index (χ0v) is 17.8. The fourth-order valence-corrected chi connectivity index (χ4v) is 4.16. The second-order valence-electron chi connectivity index (χ2n) is 7.13. The van der Waals surface area contributed by atoms with Gasteiger partial charge in [-0.3, -0.25) is 14.3 Å². The Balaban J connectivity index is 1.53. The van der Waals surface area contributed by atoms with Crippen LogP contribution in [0.25, 0.3) is 17.1 Å². The van der Waals surface area contributed by atoms with Crippen molar-refractivity contribution in [2.24, 2.45) is 0 Å². The molecule has 4 rings (SSSR count). The maximum Gasteiger partial charge on any atom is 0.230 e. The Morgan fingerprint density at radius 1 is 1.20 bits per heavy atom. The molecule has 1 atom stereocenters. The number of nitrogens with zero attached hydrogens (tertiary/aromatic N) is 4. The molecule has 0 bridgehead atoms. The van der Waals surface area contributed by atoms with Crippen LogP contribution in [0.5, 0.6) is 0 Å². The summed E-state index contributed by atoms with van der Waals surface area (Å²) in [4.78, 5) is 16.4. The van der Waals surface area contributed by atoms with E-state index < -0.39 is 0 Å². The number of ether oxygens (including phenoxy) is 1. The molecule has 1 aromatic carbocycles. The van der Waals surface area contributed by atoms with E-state index in [1.807, 2.05) is 16.7 Å². The fourth-order valence-electron chi connectivity index (χ4n) is 3.38.